The van der Waals surface area contributed by atoms with Crippen molar-refractivity contribution in [3.05, 3.63) is 0 Å². The summed E-state index contributed by atoms with van der Waals surface area (Å²) in [5, 5.41) is 9.91. The average Bonchev–Trinajstić information content (AvgIpc) is 2.37. The predicted octanol–water partition coefficient (Wildman–Crippen LogP) is 2.49. The molecule has 1 rings (SSSR count). The Morgan fingerprint density at radius 2 is 1.89 bits per heavy atom. The molecule has 0 bridgehead atoms. The molecule has 1 N–H and O–H groups in total. The summed E-state index contributed by atoms with van der Waals surface area (Å²) >= 11 is 0. The van der Waals surface area contributed by atoms with Gasteiger partial charge in [0.2, 0.25) is 0 Å². The SMILES string of the molecule is CCOC(=O)C(CC1CCCCC1)C(O)OCC. The molecule has 1 saturated carbocycles. The molecule has 2 atom stereocenters. The Balaban J connectivity index is 2.54. The molecule has 0 aromatic carbocycles. The van der Waals surface area contributed by atoms with E-state index < -0.39 is 12.2 Å². The van der Waals surface area contributed by atoms with Gasteiger partial charge in [-0.25, -0.2) is 0 Å². The molecule has 0 aromatic rings. The topological polar surface area (TPSA) is 55.8 Å². The quantitative estimate of drug-likeness (QED) is 0.563. The number of hydrogen-bond acceptors (Lipinski definition) is 4. The van der Waals surface area contributed by atoms with Crippen molar-refractivity contribution in [2.45, 2.75) is 58.7 Å². The fourth-order valence-corrected chi connectivity index (χ4v) is 2.65. The van der Waals surface area contributed by atoms with Crippen LogP contribution in [0.25, 0.3) is 0 Å². The summed E-state index contributed by atoms with van der Waals surface area (Å²) < 4.78 is 10.2. The van der Waals surface area contributed by atoms with Gasteiger partial charge in [0.15, 0.2) is 6.29 Å². The minimum absolute atomic E-state index is 0.330. The number of ether oxygens (including phenoxy) is 2. The average molecular weight is 258 g/mol. The summed E-state index contributed by atoms with van der Waals surface area (Å²) in [6.45, 7) is 4.34. The zero-order valence-corrected chi connectivity index (χ0v) is 11.6. The van der Waals surface area contributed by atoms with Crippen LogP contribution in [0, 0.1) is 11.8 Å². The van der Waals surface area contributed by atoms with Crippen LogP contribution >= 0.6 is 0 Å². The third-order valence-electron chi connectivity index (χ3n) is 3.58. The van der Waals surface area contributed by atoms with Crippen LogP contribution in [0.5, 0.6) is 0 Å². The summed E-state index contributed by atoms with van der Waals surface area (Å²) in [6.07, 6.45) is 5.68. The lowest BCUT2D eigenvalue weighted by atomic mass is 9.82. The van der Waals surface area contributed by atoms with Gasteiger partial charge in [-0.05, 0) is 26.2 Å². The van der Waals surface area contributed by atoms with Crippen molar-refractivity contribution in [3.8, 4) is 0 Å². The highest BCUT2D eigenvalue weighted by atomic mass is 16.6. The van der Waals surface area contributed by atoms with Crippen LogP contribution in [0.2, 0.25) is 0 Å². The maximum Gasteiger partial charge on any atom is 0.314 e. The summed E-state index contributed by atoms with van der Waals surface area (Å²) in [4.78, 5) is 11.9. The molecule has 0 amide bonds. The van der Waals surface area contributed by atoms with Gasteiger partial charge in [0, 0.05) is 6.61 Å². The van der Waals surface area contributed by atoms with Gasteiger partial charge in [-0.1, -0.05) is 32.1 Å². The number of rotatable bonds is 7. The predicted molar refractivity (Wildman–Crippen MR) is 68.9 cm³/mol. The second-order valence-electron chi connectivity index (χ2n) is 4.94. The number of carbonyl (C=O) groups excluding carboxylic acids is 1. The molecule has 0 spiro atoms. The van der Waals surface area contributed by atoms with Crippen molar-refractivity contribution in [2.24, 2.45) is 11.8 Å². The highest BCUT2D eigenvalue weighted by molar-refractivity contribution is 5.72. The van der Waals surface area contributed by atoms with Crippen LogP contribution in [0.4, 0.5) is 0 Å². The molecule has 4 heteroatoms. The van der Waals surface area contributed by atoms with Crippen LogP contribution < -0.4 is 0 Å². The number of aliphatic hydroxyl groups excluding tert-OH is 1. The summed E-state index contributed by atoms with van der Waals surface area (Å²) in [5.41, 5.74) is 0. The first-order valence-corrected chi connectivity index (χ1v) is 7.15. The molecule has 0 heterocycles. The largest absolute Gasteiger partial charge is 0.466 e. The van der Waals surface area contributed by atoms with E-state index in [1.807, 2.05) is 6.92 Å². The van der Waals surface area contributed by atoms with Gasteiger partial charge in [-0.2, -0.15) is 0 Å². The highest BCUT2D eigenvalue weighted by Gasteiger charge is 2.31. The van der Waals surface area contributed by atoms with Crippen molar-refractivity contribution in [2.75, 3.05) is 13.2 Å². The van der Waals surface area contributed by atoms with E-state index in [0.29, 0.717) is 25.6 Å². The Kier molecular flexibility index (Phi) is 7.28. The Labute approximate surface area is 110 Å². The maximum absolute atomic E-state index is 11.9. The van der Waals surface area contributed by atoms with Gasteiger partial charge < -0.3 is 14.6 Å². The van der Waals surface area contributed by atoms with Crippen LogP contribution in [0.3, 0.4) is 0 Å². The molecule has 1 fully saturated rings. The summed E-state index contributed by atoms with van der Waals surface area (Å²) in [6, 6.07) is 0. The molecule has 0 saturated heterocycles. The standard InChI is InChI=1S/C14H26O4/c1-3-17-13(15)12(14(16)18-4-2)10-11-8-6-5-7-9-11/h11-13,15H,3-10H2,1-2H3. The van der Waals surface area contributed by atoms with Crippen molar-refractivity contribution in [3.63, 3.8) is 0 Å². The minimum Gasteiger partial charge on any atom is -0.466 e. The van der Waals surface area contributed by atoms with Crippen LogP contribution in [-0.4, -0.2) is 30.6 Å². The van der Waals surface area contributed by atoms with Gasteiger partial charge >= 0.3 is 5.97 Å². The van der Waals surface area contributed by atoms with Gasteiger partial charge in [0.05, 0.1) is 6.61 Å². The molecule has 0 aliphatic heterocycles. The van der Waals surface area contributed by atoms with Crippen molar-refractivity contribution in [1.29, 1.82) is 0 Å². The molecule has 106 valence electrons. The molecule has 2 unspecified atom stereocenters. The van der Waals surface area contributed by atoms with E-state index >= 15 is 0 Å². The number of esters is 1. The van der Waals surface area contributed by atoms with Crippen molar-refractivity contribution < 1.29 is 19.4 Å². The molecule has 0 radical (unpaired) electrons. The second kappa shape index (κ2) is 8.48. The summed E-state index contributed by atoms with van der Waals surface area (Å²) in [5.74, 6) is -0.347. The smallest absolute Gasteiger partial charge is 0.314 e. The van der Waals surface area contributed by atoms with Gasteiger partial charge in [-0.15, -0.1) is 0 Å². The van der Waals surface area contributed by atoms with E-state index in [2.05, 4.69) is 0 Å². The zero-order valence-electron chi connectivity index (χ0n) is 11.6. The Bertz CT molecular complexity index is 236. The number of hydrogen-bond donors (Lipinski definition) is 1. The van der Waals surface area contributed by atoms with E-state index in [9.17, 15) is 9.90 Å². The first kappa shape index (κ1) is 15.4. The minimum atomic E-state index is -1.03. The van der Waals surface area contributed by atoms with Crippen molar-refractivity contribution in [1.82, 2.24) is 0 Å². The van der Waals surface area contributed by atoms with Crippen LogP contribution in [0.15, 0.2) is 0 Å². The third-order valence-corrected chi connectivity index (χ3v) is 3.58. The van der Waals surface area contributed by atoms with E-state index in [4.69, 9.17) is 9.47 Å². The zero-order chi connectivity index (χ0) is 13.4. The Hall–Kier alpha value is -0.610. The Morgan fingerprint density at radius 3 is 2.44 bits per heavy atom. The van der Waals surface area contributed by atoms with Crippen LogP contribution in [0.1, 0.15) is 52.4 Å². The lowest BCUT2D eigenvalue weighted by Crippen LogP contribution is -2.34. The molecule has 0 aromatic heterocycles. The van der Waals surface area contributed by atoms with E-state index in [0.717, 1.165) is 12.8 Å². The van der Waals surface area contributed by atoms with Crippen molar-refractivity contribution >= 4 is 5.97 Å². The second-order valence-corrected chi connectivity index (χ2v) is 4.94. The lowest BCUT2D eigenvalue weighted by molar-refractivity contribution is -0.176. The Morgan fingerprint density at radius 1 is 1.22 bits per heavy atom. The molecule has 1 aliphatic carbocycles. The molecule has 18 heavy (non-hydrogen) atoms. The molecule has 4 nitrogen and oxygen atoms in total. The number of carbonyl (C=O) groups is 1. The number of aliphatic hydroxyl groups is 1. The van der Waals surface area contributed by atoms with E-state index in [-0.39, 0.29) is 5.97 Å². The van der Waals surface area contributed by atoms with E-state index in [1.54, 1.807) is 6.92 Å². The summed E-state index contributed by atoms with van der Waals surface area (Å²) in [7, 11) is 0. The highest BCUT2D eigenvalue weighted by Crippen LogP contribution is 2.30. The lowest BCUT2D eigenvalue weighted by Gasteiger charge is -2.27. The molecular weight excluding hydrogens is 232 g/mol. The van der Waals surface area contributed by atoms with Crippen LogP contribution in [-0.2, 0) is 14.3 Å². The third kappa shape index (κ3) is 4.94. The fourth-order valence-electron chi connectivity index (χ4n) is 2.65. The maximum atomic E-state index is 11.9. The van der Waals surface area contributed by atoms with Gasteiger partial charge in [-0.3, -0.25) is 4.79 Å². The first-order chi connectivity index (χ1) is 8.69. The van der Waals surface area contributed by atoms with Gasteiger partial charge in [0.25, 0.3) is 0 Å². The first-order valence-electron chi connectivity index (χ1n) is 7.15. The van der Waals surface area contributed by atoms with Gasteiger partial charge in [0.1, 0.15) is 5.92 Å². The monoisotopic (exact) mass is 258 g/mol. The fraction of sp³-hybridized carbons (Fsp3) is 0.929. The molecular formula is C14H26O4. The van der Waals surface area contributed by atoms with E-state index in [1.165, 1.54) is 19.3 Å². The normalized spacial score (nSPS) is 20.4. The molecule has 1 aliphatic rings.